The molecular weight excluding hydrogens is 393 g/mol. The summed E-state index contributed by atoms with van der Waals surface area (Å²) in [5, 5.41) is 3.65. The van der Waals surface area contributed by atoms with Crippen molar-refractivity contribution < 1.29 is 4.79 Å². The molecule has 2 saturated heterocycles. The summed E-state index contributed by atoms with van der Waals surface area (Å²) in [5.74, 6) is 1.07. The molecule has 2 aliphatic heterocycles. The van der Waals surface area contributed by atoms with Crippen molar-refractivity contribution in [3.8, 4) is 0 Å². The highest BCUT2D eigenvalue weighted by molar-refractivity contribution is 5.85. The standard InChI is InChI=1S/C22H33N3O.2ClH/c1-24(22(26)21-15-18-9-5-6-10-20(18)23-21)19-11-13-25(14-12-19)16-17-7-3-2-4-8-17;;/h2-4,7-8,18-21,23H,5-6,9-16H2,1H3;2*1H. The van der Waals surface area contributed by atoms with E-state index in [-0.39, 0.29) is 30.9 Å². The van der Waals surface area contributed by atoms with E-state index in [4.69, 9.17) is 0 Å². The Labute approximate surface area is 182 Å². The minimum Gasteiger partial charge on any atom is -0.341 e. The Morgan fingerprint density at radius 2 is 1.75 bits per heavy atom. The summed E-state index contributed by atoms with van der Waals surface area (Å²) in [6.07, 6.45) is 8.48. The number of carbonyl (C=O) groups excluding carboxylic acids is 1. The molecule has 3 aliphatic rings. The van der Waals surface area contributed by atoms with Crippen LogP contribution in [-0.2, 0) is 11.3 Å². The van der Waals surface area contributed by atoms with E-state index in [9.17, 15) is 4.79 Å². The molecule has 0 aromatic heterocycles. The van der Waals surface area contributed by atoms with E-state index in [0.29, 0.717) is 18.0 Å². The van der Waals surface area contributed by atoms with E-state index in [1.165, 1.54) is 31.2 Å². The monoisotopic (exact) mass is 427 g/mol. The average Bonchev–Trinajstić information content (AvgIpc) is 3.12. The van der Waals surface area contributed by atoms with Gasteiger partial charge in [-0.05, 0) is 43.6 Å². The van der Waals surface area contributed by atoms with Crippen LogP contribution in [0.25, 0.3) is 0 Å². The number of piperidine rings is 1. The molecule has 0 radical (unpaired) electrons. The Hall–Kier alpha value is -0.810. The van der Waals surface area contributed by atoms with Gasteiger partial charge in [-0.15, -0.1) is 24.8 Å². The summed E-state index contributed by atoms with van der Waals surface area (Å²) in [7, 11) is 2.03. The third kappa shape index (κ3) is 5.41. The number of halogens is 2. The molecule has 4 nitrogen and oxygen atoms in total. The van der Waals surface area contributed by atoms with E-state index in [0.717, 1.165) is 44.8 Å². The van der Waals surface area contributed by atoms with Gasteiger partial charge in [-0.3, -0.25) is 9.69 Å². The largest absolute Gasteiger partial charge is 0.341 e. The molecular formula is C22H35Cl2N3O. The van der Waals surface area contributed by atoms with Crippen molar-refractivity contribution in [3.05, 3.63) is 35.9 Å². The number of rotatable bonds is 4. The van der Waals surface area contributed by atoms with Gasteiger partial charge in [0.1, 0.15) is 0 Å². The number of hydrogen-bond donors (Lipinski definition) is 1. The first kappa shape index (κ1) is 23.5. The minimum absolute atomic E-state index is 0. The number of likely N-dealkylation sites (N-methyl/N-ethyl adjacent to an activating group) is 1. The molecule has 158 valence electrons. The number of carbonyl (C=O) groups is 1. The molecule has 1 saturated carbocycles. The highest BCUT2D eigenvalue weighted by Gasteiger charge is 2.40. The summed E-state index contributed by atoms with van der Waals surface area (Å²) in [6.45, 7) is 3.19. The number of fused-ring (bicyclic) bond motifs is 1. The highest BCUT2D eigenvalue weighted by Crippen LogP contribution is 2.34. The maximum Gasteiger partial charge on any atom is 0.239 e. The van der Waals surface area contributed by atoms with Crippen LogP contribution >= 0.6 is 24.8 Å². The molecule has 0 bridgehead atoms. The molecule has 1 aliphatic carbocycles. The van der Waals surface area contributed by atoms with Gasteiger partial charge in [0.25, 0.3) is 0 Å². The van der Waals surface area contributed by atoms with Gasteiger partial charge in [0.15, 0.2) is 0 Å². The Kier molecular flexibility index (Phi) is 9.07. The van der Waals surface area contributed by atoms with Gasteiger partial charge in [0.05, 0.1) is 6.04 Å². The summed E-state index contributed by atoms with van der Waals surface area (Å²) in [5.41, 5.74) is 1.38. The zero-order chi connectivity index (χ0) is 17.9. The maximum atomic E-state index is 13.0. The molecule has 28 heavy (non-hydrogen) atoms. The van der Waals surface area contributed by atoms with Crippen LogP contribution in [0.15, 0.2) is 30.3 Å². The quantitative estimate of drug-likeness (QED) is 0.791. The van der Waals surface area contributed by atoms with Crippen molar-refractivity contribution in [2.24, 2.45) is 5.92 Å². The fourth-order valence-corrected chi connectivity index (χ4v) is 5.24. The fourth-order valence-electron chi connectivity index (χ4n) is 5.24. The number of likely N-dealkylation sites (tertiary alicyclic amines) is 1. The van der Waals surface area contributed by atoms with Gasteiger partial charge >= 0.3 is 0 Å². The van der Waals surface area contributed by atoms with Crippen molar-refractivity contribution in [2.45, 2.75) is 69.6 Å². The van der Waals surface area contributed by atoms with Crippen LogP contribution < -0.4 is 5.32 Å². The van der Waals surface area contributed by atoms with Gasteiger partial charge in [-0.25, -0.2) is 0 Å². The van der Waals surface area contributed by atoms with Crippen LogP contribution in [0.4, 0.5) is 0 Å². The van der Waals surface area contributed by atoms with Gasteiger partial charge in [-0.1, -0.05) is 43.2 Å². The zero-order valence-corrected chi connectivity index (χ0v) is 18.5. The first-order chi connectivity index (χ1) is 12.7. The lowest BCUT2D eigenvalue weighted by Gasteiger charge is -2.37. The summed E-state index contributed by atoms with van der Waals surface area (Å²) in [6, 6.07) is 11.8. The molecule has 3 atom stereocenters. The molecule has 1 aromatic rings. The molecule has 1 N–H and O–H groups in total. The highest BCUT2D eigenvalue weighted by atomic mass is 35.5. The normalized spacial score (nSPS) is 28.0. The molecule has 6 heteroatoms. The van der Waals surface area contributed by atoms with Crippen molar-refractivity contribution in [3.63, 3.8) is 0 Å². The number of amides is 1. The third-order valence-electron chi connectivity index (χ3n) is 6.86. The summed E-state index contributed by atoms with van der Waals surface area (Å²) >= 11 is 0. The van der Waals surface area contributed by atoms with E-state index < -0.39 is 0 Å². The van der Waals surface area contributed by atoms with Crippen LogP contribution in [0.5, 0.6) is 0 Å². The third-order valence-corrected chi connectivity index (χ3v) is 6.86. The van der Waals surface area contributed by atoms with Gasteiger partial charge in [-0.2, -0.15) is 0 Å². The molecule has 3 unspecified atom stereocenters. The molecule has 1 amide bonds. The number of nitrogens with zero attached hydrogens (tertiary/aromatic N) is 2. The molecule has 3 fully saturated rings. The number of hydrogen-bond acceptors (Lipinski definition) is 3. The lowest BCUT2D eigenvalue weighted by atomic mass is 9.85. The van der Waals surface area contributed by atoms with Crippen LogP contribution in [-0.4, -0.2) is 54.0 Å². The second kappa shape index (κ2) is 10.8. The topological polar surface area (TPSA) is 35.6 Å². The van der Waals surface area contributed by atoms with Crippen LogP contribution in [0.1, 0.15) is 50.5 Å². The van der Waals surface area contributed by atoms with Crippen molar-refractivity contribution in [1.29, 1.82) is 0 Å². The second-order valence-electron chi connectivity index (χ2n) is 8.55. The lowest BCUT2D eigenvalue weighted by molar-refractivity contribution is -0.134. The smallest absolute Gasteiger partial charge is 0.239 e. The lowest BCUT2D eigenvalue weighted by Crippen LogP contribution is -2.50. The predicted octanol–water partition coefficient (Wildman–Crippen LogP) is 3.87. The molecule has 0 spiro atoms. The molecule has 2 heterocycles. The zero-order valence-electron chi connectivity index (χ0n) is 16.9. The first-order valence-corrected chi connectivity index (χ1v) is 10.5. The fraction of sp³-hybridized carbons (Fsp3) is 0.682. The van der Waals surface area contributed by atoms with E-state index in [1.807, 2.05) is 7.05 Å². The van der Waals surface area contributed by atoms with Crippen molar-refractivity contribution >= 4 is 30.7 Å². The maximum absolute atomic E-state index is 13.0. The van der Waals surface area contributed by atoms with Crippen molar-refractivity contribution in [1.82, 2.24) is 15.1 Å². The first-order valence-electron chi connectivity index (χ1n) is 10.5. The number of benzene rings is 1. The molecule has 4 rings (SSSR count). The predicted molar refractivity (Wildman–Crippen MR) is 119 cm³/mol. The van der Waals surface area contributed by atoms with E-state index in [1.54, 1.807) is 0 Å². The Bertz CT molecular complexity index is 593. The van der Waals surface area contributed by atoms with Crippen LogP contribution in [0.2, 0.25) is 0 Å². The van der Waals surface area contributed by atoms with Gasteiger partial charge in [0.2, 0.25) is 5.91 Å². The minimum atomic E-state index is 0. The van der Waals surface area contributed by atoms with E-state index >= 15 is 0 Å². The summed E-state index contributed by atoms with van der Waals surface area (Å²) in [4.78, 5) is 17.6. The van der Waals surface area contributed by atoms with Gasteiger partial charge in [0, 0.05) is 38.8 Å². The number of nitrogens with one attached hydrogen (secondary N) is 1. The second-order valence-corrected chi connectivity index (χ2v) is 8.55. The van der Waals surface area contributed by atoms with Gasteiger partial charge < -0.3 is 10.2 Å². The SMILES string of the molecule is CN(C(=O)C1CC2CCCCC2N1)C1CCN(Cc2ccccc2)CC1.Cl.Cl. The van der Waals surface area contributed by atoms with Crippen LogP contribution in [0, 0.1) is 5.92 Å². The Morgan fingerprint density at radius 3 is 2.43 bits per heavy atom. The summed E-state index contributed by atoms with van der Waals surface area (Å²) < 4.78 is 0. The van der Waals surface area contributed by atoms with Crippen LogP contribution in [0.3, 0.4) is 0 Å². The molecule has 1 aromatic carbocycles. The van der Waals surface area contributed by atoms with E-state index in [2.05, 4.69) is 45.4 Å². The van der Waals surface area contributed by atoms with Crippen molar-refractivity contribution in [2.75, 3.05) is 20.1 Å². The Morgan fingerprint density at radius 1 is 1.07 bits per heavy atom. The Balaban J connectivity index is 0.00000140. The average molecular weight is 428 g/mol.